The Hall–Kier alpha value is -3.46. The lowest BCUT2D eigenvalue weighted by molar-refractivity contribution is 0.0787. The first-order chi connectivity index (χ1) is 16.5. The highest BCUT2D eigenvalue weighted by molar-refractivity contribution is 5.94. The zero-order valence-electron chi connectivity index (χ0n) is 19.9. The highest BCUT2D eigenvalue weighted by Crippen LogP contribution is 2.25. The highest BCUT2D eigenvalue weighted by Gasteiger charge is 2.28. The second-order valence-corrected chi connectivity index (χ2v) is 9.36. The molecule has 2 saturated heterocycles. The number of rotatable bonds is 6. The predicted molar refractivity (Wildman–Crippen MR) is 133 cm³/mol. The maximum absolute atomic E-state index is 12.9. The van der Waals surface area contributed by atoms with Crippen LogP contribution in [0.15, 0.2) is 42.5 Å². The fraction of sp³-hybridized carbons (Fsp3) is 0.440. The lowest BCUT2D eigenvalue weighted by Crippen LogP contribution is -2.45. The quantitative estimate of drug-likeness (QED) is 0.584. The van der Waals surface area contributed by atoms with Gasteiger partial charge in [0.15, 0.2) is 5.82 Å². The molecule has 0 radical (unpaired) electrons. The Bertz CT molecular complexity index is 1120. The van der Waals surface area contributed by atoms with Crippen molar-refractivity contribution in [3.63, 3.8) is 0 Å². The molecule has 1 amide bonds. The van der Waals surface area contributed by atoms with Gasteiger partial charge in [0.2, 0.25) is 0 Å². The van der Waals surface area contributed by atoms with Crippen LogP contribution < -0.4 is 10.2 Å². The van der Waals surface area contributed by atoms with Crippen molar-refractivity contribution in [2.24, 2.45) is 5.92 Å². The Morgan fingerprint density at radius 3 is 2.59 bits per heavy atom. The van der Waals surface area contributed by atoms with Gasteiger partial charge in [-0.1, -0.05) is 18.2 Å². The van der Waals surface area contributed by atoms with Crippen molar-refractivity contribution in [1.82, 2.24) is 30.0 Å². The Morgan fingerprint density at radius 2 is 1.85 bits per heavy atom. The molecule has 34 heavy (non-hydrogen) atoms. The molecule has 0 saturated carbocycles. The van der Waals surface area contributed by atoms with Crippen molar-refractivity contribution in [3.8, 4) is 0 Å². The molecule has 9 heteroatoms. The predicted octanol–water partition coefficient (Wildman–Crippen LogP) is 2.71. The number of aromatic amines is 1. The van der Waals surface area contributed by atoms with Crippen LogP contribution in [0.3, 0.4) is 0 Å². The van der Waals surface area contributed by atoms with Crippen LogP contribution in [-0.4, -0.2) is 82.2 Å². The first kappa shape index (κ1) is 22.3. The van der Waals surface area contributed by atoms with E-state index in [0.717, 1.165) is 86.6 Å². The minimum absolute atomic E-state index is 0.103. The third-order valence-corrected chi connectivity index (χ3v) is 6.61. The number of carbonyl (C=O) groups excluding carboxylic acids is 1. The Morgan fingerprint density at radius 1 is 1.06 bits per heavy atom. The molecule has 2 aliphatic heterocycles. The fourth-order valence-electron chi connectivity index (χ4n) is 4.65. The van der Waals surface area contributed by atoms with Gasteiger partial charge in [-0.05, 0) is 38.4 Å². The number of likely N-dealkylation sites (N-methyl/N-ethyl adjacent to an activating group) is 1. The van der Waals surface area contributed by atoms with Gasteiger partial charge in [0.1, 0.15) is 17.5 Å². The third-order valence-electron chi connectivity index (χ3n) is 6.61. The van der Waals surface area contributed by atoms with Crippen LogP contribution in [0.1, 0.15) is 28.3 Å². The van der Waals surface area contributed by atoms with E-state index < -0.39 is 0 Å². The number of carbonyl (C=O) groups is 1. The summed E-state index contributed by atoms with van der Waals surface area (Å²) >= 11 is 0. The zero-order chi connectivity index (χ0) is 23.5. The van der Waals surface area contributed by atoms with Crippen molar-refractivity contribution < 1.29 is 4.79 Å². The minimum Gasteiger partial charge on any atom is -0.354 e. The summed E-state index contributed by atoms with van der Waals surface area (Å²) in [5, 5.41) is 10.6. The van der Waals surface area contributed by atoms with Gasteiger partial charge >= 0.3 is 0 Å². The van der Waals surface area contributed by atoms with Crippen molar-refractivity contribution >= 4 is 23.4 Å². The molecule has 4 heterocycles. The van der Waals surface area contributed by atoms with Gasteiger partial charge in [0.05, 0.1) is 0 Å². The third kappa shape index (κ3) is 5.20. The number of nitrogens with one attached hydrogen (secondary N) is 2. The number of hydrogen-bond donors (Lipinski definition) is 2. The van der Waals surface area contributed by atoms with Crippen molar-refractivity contribution in [1.29, 1.82) is 0 Å². The summed E-state index contributed by atoms with van der Waals surface area (Å²) in [6, 6.07) is 13.5. The summed E-state index contributed by atoms with van der Waals surface area (Å²) in [7, 11) is 2.15. The Labute approximate surface area is 200 Å². The van der Waals surface area contributed by atoms with Crippen LogP contribution in [-0.2, 0) is 6.42 Å². The summed E-state index contributed by atoms with van der Waals surface area (Å²) in [5.41, 5.74) is 1.74. The molecule has 2 fully saturated rings. The summed E-state index contributed by atoms with van der Waals surface area (Å²) in [6.45, 7) is 7.39. The van der Waals surface area contributed by atoms with Crippen molar-refractivity contribution in [2.75, 3.05) is 56.5 Å². The van der Waals surface area contributed by atoms with E-state index in [-0.39, 0.29) is 5.91 Å². The van der Waals surface area contributed by atoms with Crippen LogP contribution in [0.25, 0.3) is 0 Å². The number of hydrogen-bond acceptors (Lipinski definition) is 7. The summed E-state index contributed by atoms with van der Waals surface area (Å²) in [5.74, 6) is 3.70. The topological polar surface area (TPSA) is 93.3 Å². The number of aromatic nitrogens is 4. The monoisotopic (exact) mass is 460 g/mol. The number of amides is 1. The van der Waals surface area contributed by atoms with Crippen molar-refractivity contribution in [3.05, 3.63) is 59.5 Å². The van der Waals surface area contributed by atoms with Gasteiger partial charge in [-0.2, -0.15) is 5.10 Å². The molecule has 2 N–H and O–H groups in total. The maximum atomic E-state index is 12.9. The van der Waals surface area contributed by atoms with Gasteiger partial charge in [-0.3, -0.25) is 9.89 Å². The molecule has 9 nitrogen and oxygen atoms in total. The fourth-order valence-corrected chi connectivity index (χ4v) is 4.65. The average Bonchev–Trinajstić information content (AvgIpc) is 3.48. The number of anilines is 3. The van der Waals surface area contributed by atoms with E-state index in [1.165, 1.54) is 0 Å². The molecule has 5 rings (SSSR count). The van der Waals surface area contributed by atoms with E-state index in [1.54, 1.807) is 0 Å². The zero-order valence-corrected chi connectivity index (χ0v) is 19.9. The van der Waals surface area contributed by atoms with E-state index in [1.807, 2.05) is 54.3 Å². The van der Waals surface area contributed by atoms with Crippen LogP contribution in [0.2, 0.25) is 0 Å². The van der Waals surface area contributed by atoms with E-state index in [9.17, 15) is 4.79 Å². The molecule has 0 unspecified atom stereocenters. The van der Waals surface area contributed by atoms with E-state index in [0.29, 0.717) is 5.92 Å². The molecule has 0 bridgehead atoms. The normalized spacial score (nSPS) is 18.9. The molecule has 178 valence electrons. The second-order valence-electron chi connectivity index (χ2n) is 9.36. The van der Waals surface area contributed by atoms with Crippen LogP contribution in [0.5, 0.6) is 0 Å². The van der Waals surface area contributed by atoms with Crippen LogP contribution >= 0.6 is 0 Å². The number of H-pyrrole nitrogens is 1. The first-order valence-corrected chi connectivity index (χ1v) is 12.0. The van der Waals surface area contributed by atoms with Gasteiger partial charge in [0.25, 0.3) is 5.91 Å². The first-order valence-electron chi connectivity index (χ1n) is 12.0. The Kier molecular flexibility index (Phi) is 6.44. The number of likely N-dealkylation sites (tertiary alicyclic amines) is 1. The van der Waals surface area contributed by atoms with E-state index in [4.69, 9.17) is 9.97 Å². The number of piperazine rings is 1. The standard InChI is InChI=1S/C25H32N8O/c1-18-14-23(30-29-18)27-22-16-24(32-12-10-31(2)11-13-32)28-21(26-22)15-19-8-9-33(17-19)25(34)20-6-4-3-5-7-20/h3-7,14,16,19H,8-13,15,17H2,1-2H3,(H2,26,27,28,29,30)/t19-/m1/s1. The second kappa shape index (κ2) is 9.80. The molecular weight excluding hydrogens is 428 g/mol. The van der Waals surface area contributed by atoms with Gasteiger partial charge in [-0.25, -0.2) is 9.97 Å². The molecule has 3 aromatic rings. The maximum Gasteiger partial charge on any atom is 0.253 e. The smallest absolute Gasteiger partial charge is 0.253 e. The summed E-state index contributed by atoms with van der Waals surface area (Å²) < 4.78 is 0. The molecule has 0 spiro atoms. The lowest BCUT2D eigenvalue weighted by Gasteiger charge is -2.33. The largest absolute Gasteiger partial charge is 0.354 e. The molecular formula is C25H32N8O. The van der Waals surface area contributed by atoms with Gasteiger partial charge in [-0.15, -0.1) is 0 Å². The summed E-state index contributed by atoms with van der Waals surface area (Å²) in [6.07, 6.45) is 1.70. The number of aryl methyl sites for hydroxylation is 1. The van der Waals surface area contributed by atoms with Crippen LogP contribution in [0, 0.1) is 12.8 Å². The molecule has 2 aliphatic rings. The molecule has 2 aromatic heterocycles. The van der Waals surface area contributed by atoms with Gasteiger partial charge < -0.3 is 20.0 Å². The minimum atomic E-state index is 0.103. The lowest BCUT2D eigenvalue weighted by atomic mass is 10.0. The molecule has 0 aliphatic carbocycles. The number of benzene rings is 1. The summed E-state index contributed by atoms with van der Waals surface area (Å²) in [4.78, 5) is 29.2. The molecule has 1 aromatic carbocycles. The number of nitrogens with zero attached hydrogens (tertiary/aromatic N) is 6. The molecule has 1 atom stereocenters. The Balaban J connectivity index is 1.32. The highest BCUT2D eigenvalue weighted by atomic mass is 16.2. The van der Waals surface area contributed by atoms with Gasteiger partial charge in [0, 0.05) is 69.1 Å². The SMILES string of the molecule is Cc1cc(Nc2cc(N3CCN(C)CC3)nc(C[C@H]3CCN(C(=O)c4ccccc4)C3)n2)n[nH]1. The average molecular weight is 461 g/mol. The van der Waals surface area contributed by atoms with E-state index >= 15 is 0 Å². The van der Waals surface area contributed by atoms with E-state index in [2.05, 4.69) is 32.4 Å². The van der Waals surface area contributed by atoms with Crippen LogP contribution in [0.4, 0.5) is 17.5 Å². The van der Waals surface area contributed by atoms with Crippen molar-refractivity contribution in [2.45, 2.75) is 19.8 Å².